The second kappa shape index (κ2) is 9.38. The van der Waals surface area contributed by atoms with Gasteiger partial charge < -0.3 is 10.3 Å². The molecule has 0 aliphatic heterocycles. The summed E-state index contributed by atoms with van der Waals surface area (Å²) in [6.07, 6.45) is 5.57. The summed E-state index contributed by atoms with van der Waals surface area (Å²) in [6.45, 7) is 12.7. The first-order valence-electron chi connectivity index (χ1n) is 9.47. The van der Waals surface area contributed by atoms with Gasteiger partial charge >= 0.3 is 0 Å². The molecule has 0 bridgehead atoms. The van der Waals surface area contributed by atoms with E-state index in [1.54, 1.807) is 12.3 Å². The summed E-state index contributed by atoms with van der Waals surface area (Å²) in [7, 11) is 0. The highest BCUT2D eigenvalue weighted by atomic mass is 35.5. The minimum atomic E-state index is -0.0951. The van der Waals surface area contributed by atoms with Crippen LogP contribution in [-0.2, 0) is 0 Å². The Morgan fingerprint density at radius 1 is 1.33 bits per heavy atom. The number of carbonyl (C=O) groups is 1. The van der Waals surface area contributed by atoms with Crippen molar-refractivity contribution in [2.75, 3.05) is 6.54 Å². The van der Waals surface area contributed by atoms with Gasteiger partial charge in [-0.05, 0) is 70.9 Å². The van der Waals surface area contributed by atoms with Crippen LogP contribution in [0.3, 0.4) is 0 Å². The summed E-state index contributed by atoms with van der Waals surface area (Å²) in [4.78, 5) is 16.7. The number of allylic oxidation sites excluding steroid dienone is 3. The summed E-state index contributed by atoms with van der Waals surface area (Å²) in [6, 6.07) is 1.86. The van der Waals surface area contributed by atoms with Crippen LogP contribution in [0.2, 0.25) is 5.02 Å². The molecule has 0 atom stereocenters. The van der Waals surface area contributed by atoms with Crippen LogP contribution in [0.25, 0.3) is 0 Å². The van der Waals surface area contributed by atoms with Gasteiger partial charge in [-0.15, -0.1) is 0 Å². The molecule has 1 saturated carbocycles. The molecule has 0 unspecified atom stereocenters. The molecule has 1 aromatic rings. The Morgan fingerprint density at radius 2 is 1.96 bits per heavy atom. The number of rotatable bonds is 6. The van der Waals surface area contributed by atoms with Crippen molar-refractivity contribution in [3.63, 3.8) is 0 Å². The smallest absolute Gasteiger partial charge is 0.253 e. The van der Waals surface area contributed by atoms with Crippen LogP contribution in [0.1, 0.15) is 62.5 Å². The van der Waals surface area contributed by atoms with Gasteiger partial charge in [-0.1, -0.05) is 23.8 Å². The lowest BCUT2D eigenvalue weighted by atomic mass is 9.85. The maximum absolute atomic E-state index is 12.5. The third kappa shape index (κ3) is 5.81. The normalized spacial score (nSPS) is 20.7. The first-order valence-corrected chi connectivity index (χ1v) is 9.85. The molecular weight excluding hydrogens is 360 g/mol. The molecule has 1 aliphatic rings. The van der Waals surface area contributed by atoms with Crippen molar-refractivity contribution in [1.29, 1.82) is 0 Å². The Morgan fingerprint density at radius 3 is 2.56 bits per heavy atom. The predicted molar refractivity (Wildman–Crippen MR) is 111 cm³/mol. The van der Waals surface area contributed by atoms with Gasteiger partial charge in [0.2, 0.25) is 0 Å². The van der Waals surface area contributed by atoms with Crippen molar-refractivity contribution in [3.8, 4) is 0 Å². The summed E-state index contributed by atoms with van der Waals surface area (Å²) >= 11 is 5.97. The minimum absolute atomic E-state index is 0.0951. The number of amides is 1. The Labute approximate surface area is 167 Å². The highest BCUT2D eigenvalue weighted by Crippen LogP contribution is 2.26. The molecule has 1 aromatic heterocycles. The van der Waals surface area contributed by atoms with Crippen molar-refractivity contribution in [2.45, 2.75) is 59.4 Å². The first kappa shape index (κ1) is 21.5. The molecule has 6 heteroatoms. The van der Waals surface area contributed by atoms with Crippen LogP contribution >= 0.6 is 11.6 Å². The van der Waals surface area contributed by atoms with Crippen molar-refractivity contribution in [3.05, 3.63) is 52.0 Å². The number of hydrogen-bond acceptors (Lipinski definition) is 4. The van der Waals surface area contributed by atoms with Crippen molar-refractivity contribution in [1.82, 2.24) is 15.3 Å². The van der Waals surface area contributed by atoms with Gasteiger partial charge in [-0.25, -0.2) is 5.84 Å². The SMILES string of the molecule is C=C(C)/C(C)=C(/C)N(N)C[C@H]1CC[C@H](NC(=O)c2cc(Cl)cnc2C)CC1. The lowest BCUT2D eigenvalue weighted by Crippen LogP contribution is -2.41. The summed E-state index contributed by atoms with van der Waals surface area (Å²) in [5.41, 5.74) is 4.50. The molecule has 3 N–H and O–H groups in total. The fraction of sp³-hybridized carbons (Fsp3) is 0.524. The molecule has 0 saturated heterocycles. The average molecular weight is 391 g/mol. The van der Waals surface area contributed by atoms with E-state index >= 15 is 0 Å². The van der Waals surface area contributed by atoms with Crippen LogP contribution in [0.5, 0.6) is 0 Å². The maximum atomic E-state index is 12.5. The number of carbonyl (C=O) groups excluding carboxylic acids is 1. The monoisotopic (exact) mass is 390 g/mol. The van der Waals surface area contributed by atoms with Crippen LogP contribution in [-0.4, -0.2) is 28.5 Å². The van der Waals surface area contributed by atoms with Crippen molar-refractivity contribution in [2.24, 2.45) is 11.8 Å². The number of aromatic nitrogens is 1. The van der Waals surface area contributed by atoms with E-state index in [1.165, 1.54) is 0 Å². The van der Waals surface area contributed by atoms with Gasteiger partial charge in [0.05, 0.1) is 16.3 Å². The molecule has 0 aromatic carbocycles. The molecule has 1 aliphatic carbocycles. The van der Waals surface area contributed by atoms with Crippen molar-refractivity contribution < 1.29 is 4.79 Å². The molecule has 27 heavy (non-hydrogen) atoms. The van der Waals surface area contributed by atoms with E-state index in [0.717, 1.165) is 49.1 Å². The van der Waals surface area contributed by atoms with E-state index in [1.807, 2.05) is 25.8 Å². The lowest BCUT2D eigenvalue weighted by Gasteiger charge is -2.33. The van der Waals surface area contributed by atoms with Crippen LogP contribution in [0.15, 0.2) is 35.7 Å². The molecule has 1 fully saturated rings. The number of nitrogens with zero attached hydrogens (tertiary/aromatic N) is 2. The van der Waals surface area contributed by atoms with E-state index in [2.05, 4.69) is 23.8 Å². The average Bonchev–Trinajstić information content (AvgIpc) is 2.63. The zero-order valence-electron chi connectivity index (χ0n) is 16.8. The third-order valence-electron chi connectivity index (χ3n) is 5.55. The summed E-state index contributed by atoms with van der Waals surface area (Å²) in [5.74, 6) is 6.69. The number of hydrazine groups is 1. The first-order chi connectivity index (χ1) is 12.7. The summed E-state index contributed by atoms with van der Waals surface area (Å²) < 4.78 is 0. The molecule has 5 nitrogen and oxygen atoms in total. The summed E-state index contributed by atoms with van der Waals surface area (Å²) in [5, 5.41) is 5.45. The Bertz CT molecular complexity index is 736. The molecule has 1 amide bonds. The zero-order chi connectivity index (χ0) is 20.1. The van der Waals surface area contributed by atoms with Crippen LogP contribution < -0.4 is 11.2 Å². The second-order valence-corrected chi connectivity index (χ2v) is 8.06. The van der Waals surface area contributed by atoms with Gasteiger partial charge in [0.1, 0.15) is 0 Å². The number of hydrogen-bond donors (Lipinski definition) is 2. The largest absolute Gasteiger partial charge is 0.349 e. The van der Waals surface area contributed by atoms with E-state index in [0.29, 0.717) is 22.2 Å². The number of pyridine rings is 1. The minimum Gasteiger partial charge on any atom is -0.349 e. The van der Waals surface area contributed by atoms with Gasteiger partial charge in [-0.3, -0.25) is 9.78 Å². The Balaban J connectivity index is 1.86. The highest BCUT2D eigenvalue weighted by Gasteiger charge is 2.25. The highest BCUT2D eigenvalue weighted by molar-refractivity contribution is 6.30. The van der Waals surface area contributed by atoms with E-state index in [-0.39, 0.29) is 11.9 Å². The zero-order valence-corrected chi connectivity index (χ0v) is 17.6. The molecule has 148 valence electrons. The van der Waals surface area contributed by atoms with Gasteiger partial charge in [-0.2, -0.15) is 0 Å². The lowest BCUT2D eigenvalue weighted by molar-refractivity contribution is 0.0917. The van der Waals surface area contributed by atoms with Crippen LogP contribution in [0.4, 0.5) is 0 Å². The fourth-order valence-electron chi connectivity index (χ4n) is 3.43. The van der Waals surface area contributed by atoms with Gasteiger partial charge in [0.15, 0.2) is 0 Å². The molecule has 2 rings (SSSR count). The van der Waals surface area contributed by atoms with E-state index in [9.17, 15) is 4.79 Å². The van der Waals surface area contributed by atoms with Gasteiger partial charge in [0, 0.05) is 24.5 Å². The van der Waals surface area contributed by atoms with E-state index in [4.69, 9.17) is 17.4 Å². The Kier molecular flexibility index (Phi) is 7.45. The molecule has 0 spiro atoms. The van der Waals surface area contributed by atoms with Crippen LogP contribution in [0, 0.1) is 12.8 Å². The van der Waals surface area contributed by atoms with E-state index < -0.39 is 0 Å². The number of halogens is 1. The fourth-order valence-corrected chi connectivity index (χ4v) is 3.59. The predicted octanol–water partition coefficient (Wildman–Crippen LogP) is 4.38. The topological polar surface area (TPSA) is 71.2 Å². The number of nitrogens with one attached hydrogen (secondary N) is 1. The second-order valence-electron chi connectivity index (χ2n) is 7.62. The third-order valence-corrected chi connectivity index (χ3v) is 5.76. The standard InChI is InChI=1S/C21H31ClN4O/c1-13(2)14(3)16(5)26(23)12-17-6-8-19(9-7-17)25-21(27)20-10-18(22)11-24-15(20)4/h10-11,17,19H,1,6-9,12,23H2,2-5H3,(H,25,27)/b16-14-/t17-,19-. The quantitative estimate of drug-likeness (QED) is 0.429. The molecular formula is C21H31ClN4O. The van der Waals surface area contributed by atoms with Gasteiger partial charge in [0.25, 0.3) is 5.91 Å². The van der Waals surface area contributed by atoms with Crippen molar-refractivity contribution >= 4 is 17.5 Å². The number of aryl methyl sites for hydroxylation is 1. The maximum Gasteiger partial charge on any atom is 0.253 e. The Hall–Kier alpha value is -1.85. The molecule has 1 heterocycles. The number of nitrogens with two attached hydrogens (primary N) is 1. The molecule has 0 radical (unpaired) electrons.